The minimum atomic E-state index is -0.367. The second-order valence-electron chi connectivity index (χ2n) is 7.27. The fourth-order valence-corrected chi connectivity index (χ4v) is 3.98. The number of morpholine rings is 1. The number of carbonyl (C=O) groups is 2. The van der Waals surface area contributed by atoms with Crippen molar-refractivity contribution in [2.45, 2.75) is 13.0 Å². The molecule has 0 aliphatic carbocycles. The van der Waals surface area contributed by atoms with E-state index < -0.39 is 0 Å². The molecule has 1 aliphatic heterocycles. The summed E-state index contributed by atoms with van der Waals surface area (Å²) in [6, 6.07) is 13.1. The maximum atomic E-state index is 13.3. The first-order chi connectivity index (χ1) is 14.7. The van der Waals surface area contributed by atoms with Gasteiger partial charge in [-0.25, -0.2) is 4.98 Å². The minimum absolute atomic E-state index is 0.184. The first-order valence-corrected chi connectivity index (χ1v) is 9.71. The van der Waals surface area contributed by atoms with Gasteiger partial charge in [0.1, 0.15) is 12.4 Å². The van der Waals surface area contributed by atoms with Crippen molar-refractivity contribution in [3.63, 3.8) is 0 Å². The molecular weight excluding hydrogens is 382 g/mol. The average molecular weight is 401 g/mol. The smallest absolute Gasteiger partial charge is 0.254 e. The Morgan fingerprint density at radius 3 is 2.97 bits per heavy atom. The van der Waals surface area contributed by atoms with Crippen LogP contribution in [0.4, 0.5) is 0 Å². The third kappa shape index (κ3) is 3.02. The highest BCUT2D eigenvalue weighted by molar-refractivity contribution is 6.09. The third-order valence-corrected chi connectivity index (χ3v) is 5.41. The summed E-state index contributed by atoms with van der Waals surface area (Å²) < 4.78 is 7.60. The normalized spacial score (nSPS) is 16.8. The van der Waals surface area contributed by atoms with Gasteiger partial charge in [-0.3, -0.25) is 9.59 Å². The van der Waals surface area contributed by atoms with Crippen LogP contribution in [-0.2, 0) is 4.74 Å². The summed E-state index contributed by atoms with van der Waals surface area (Å²) in [6.07, 6.45) is 1.84. The first kappa shape index (κ1) is 18.4. The van der Waals surface area contributed by atoms with Crippen LogP contribution in [0.5, 0.6) is 0 Å². The Bertz CT molecular complexity index is 1280. The Labute approximate surface area is 172 Å². The predicted molar refractivity (Wildman–Crippen MR) is 109 cm³/mol. The molecule has 150 valence electrons. The molecular formula is C22H19N5O3. The van der Waals surface area contributed by atoms with Gasteiger partial charge in [-0.15, -0.1) is 0 Å². The van der Waals surface area contributed by atoms with E-state index in [1.54, 1.807) is 15.5 Å². The highest BCUT2D eigenvalue weighted by Crippen LogP contribution is 2.26. The summed E-state index contributed by atoms with van der Waals surface area (Å²) >= 11 is 0. The number of aldehydes is 1. The fourth-order valence-electron chi connectivity index (χ4n) is 3.98. The molecule has 1 fully saturated rings. The van der Waals surface area contributed by atoms with Crippen LogP contribution < -0.4 is 0 Å². The Morgan fingerprint density at radius 1 is 1.23 bits per heavy atom. The summed E-state index contributed by atoms with van der Waals surface area (Å²) in [5, 5.41) is 5.94. The van der Waals surface area contributed by atoms with Crippen molar-refractivity contribution in [3.05, 3.63) is 71.3 Å². The number of carbonyl (C=O) groups excluding carboxylic acids is 2. The summed E-state index contributed by atoms with van der Waals surface area (Å²) in [4.78, 5) is 35.4. The molecule has 0 unspecified atom stereocenters. The Hall–Kier alpha value is -3.65. The zero-order chi connectivity index (χ0) is 20.7. The Kier molecular flexibility index (Phi) is 4.48. The molecule has 2 aromatic heterocycles. The van der Waals surface area contributed by atoms with Crippen LogP contribution in [0.2, 0.25) is 0 Å². The summed E-state index contributed by atoms with van der Waals surface area (Å²) in [5.41, 5.74) is 2.41. The van der Waals surface area contributed by atoms with Crippen LogP contribution in [0.1, 0.15) is 38.2 Å². The van der Waals surface area contributed by atoms with Crippen molar-refractivity contribution in [1.82, 2.24) is 24.5 Å². The van der Waals surface area contributed by atoms with E-state index >= 15 is 0 Å². The highest BCUT2D eigenvalue weighted by Gasteiger charge is 2.29. The molecule has 0 N–H and O–H groups in total. The van der Waals surface area contributed by atoms with Crippen molar-refractivity contribution < 1.29 is 14.3 Å². The van der Waals surface area contributed by atoms with Crippen molar-refractivity contribution in [3.8, 4) is 0 Å². The van der Waals surface area contributed by atoms with Gasteiger partial charge in [-0.05, 0) is 29.8 Å². The van der Waals surface area contributed by atoms with E-state index in [1.807, 2.05) is 43.3 Å². The monoisotopic (exact) mass is 401 g/mol. The van der Waals surface area contributed by atoms with E-state index in [-0.39, 0.29) is 12.0 Å². The second kappa shape index (κ2) is 7.31. The lowest BCUT2D eigenvalue weighted by molar-refractivity contribution is -0.0257. The zero-order valence-corrected chi connectivity index (χ0v) is 16.4. The molecule has 1 saturated heterocycles. The minimum Gasteiger partial charge on any atom is -0.368 e. The first-order valence-electron chi connectivity index (χ1n) is 9.71. The number of aryl methyl sites for hydroxylation is 1. The number of nitrogens with zero attached hydrogens (tertiary/aromatic N) is 5. The fraction of sp³-hybridized carbons (Fsp3) is 0.227. The van der Waals surface area contributed by atoms with Crippen LogP contribution >= 0.6 is 0 Å². The van der Waals surface area contributed by atoms with Crippen molar-refractivity contribution in [2.24, 2.45) is 0 Å². The van der Waals surface area contributed by atoms with E-state index in [4.69, 9.17) is 4.74 Å². The van der Waals surface area contributed by atoms with Gasteiger partial charge in [0.25, 0.3) is 11.7 Å². The van der Waals surface area contributed by atoms with Gasteiger partial charge in [0.2, 0.25) is 0 Å². The summed E-state index contributed by atoms with van der Waals surface area (Å²) in [7, 11) is 0. The van der Waals surface area contributed by atoms with E-state index in [0.717, 1.165) is 28.4 Å². The van der Waals surface area contributed by atoms with E-state index in [0.29, 0.717) is 36.6 Å². The molecule has 1 amide bonds. The molecule has 8 nitrogen and oxygen atoms in total. The van der Waals surface area contributed by atoms with Gasteiger partial charge in [-0.2, -0.15) is 14.6 Å². The molecule has 1 aliphatic rings. The lowest BCUT2D eigenvalue weighted by atomic mass is 9.98. The maximum Gasteiger partial charge on any atom is 0.254 e. The molecule has 8 heteroatoms. The zero-order valence-electron chi connectivity index (χ0n) is 16.4. The largest absolute Gasteiger partial charge is 0.368 e. The number of rotatable bonds is 3. The van der Waals surface area contributed by atoms with Crippen molar-refractivity contribution in [1.29, 1.82) is 0 Å². The maximum absolute atomic E-state index is 13.3. The lowest BCUT2D eigenvalue weighted by Crippen LogP contribution is -2.43. The molecule has 3 heterocycles. The van der Waals surface area contributed by atoms with Gasteiger partial charge in [0.05, 0.1) is 24.4 Å². The summed E-state index contributed by atoms with van der Waals surface area (Å²) in [6.45, 7) is 3.07. The number of ether oxygens (including phenoxy) is 1. The van der Waals surface area contributed by atoms with Crippen molar-refractivity contribution in [2.75, 3.05) is 19.7 Å². The number of amides is 1. The quantitative estimate of drug-likeness (QED) is 0.490. The Balaban J connectivity index is 1.49. The average Bonchev–Trinajstić information content (AvgIpc) is 3.25. The second-order valence-corrected chi connectivity index (χ2v) is 7.27. The van der Waals surface area contributed by atoms with Crippen LogP contribution in [-0.4, -0.2) is 56.4 Å². The van der Waals surface area contributed by atoms with Gasteiger partial charge >= 0.3 is 0 Å². The third-order valence-electron chi connectivity index (χ3n) is 5.41. The van der Waals surface area contributed by atoms with Crippen LogP contribution in [0.25, 0.3) is 16.6 Å². The lowest BCUT2D eigenvalue weighted by Gasteiger charge is -2.33. The number of fused-ring (bicyclic) bond motifs is 2. The molecule has 4 aromatic rings. The van der Waals surface area contributed by atoms with Gasteiger partial charge in [-0.1, -0.05) is 30.3 Å². The number of benzene rings is 2. The molecule has 0 radical (unpaired) electrons. The molecule has 2 aromatic carbocycles. The summed E-state index contributed by atoms with van der Waals surface area (Å²) in [5.74, 6) is 0.312. The Morgan fingerprint density at radius 2 is 2.10 bits per heavy atom. The van der Waals surface area contributed by atoms with Gasteiger partial charge in [0.15, 0.2) is 6.29 Å². The SMILES string of the molecule is Cc1cc([C@H]2CN(C(=O)c3ccc4ccccc4c3C=O)CCO2)n2ncnc2n1. The van der Waals surface area contributed by atoms with E-state index in [9.17, 15) is 9.59 Å². The van der Waals surface area contributed by atoms with Gasteiger partial charge < -0.3 is 9.64 Å². The molecule has 5 rings (SSSR count). The van der Waals surface area contributed by atoms with E-state index in [1.165, 1.54) is 6.33 Å². The molecule has 0 bridgehead atoms. The topological polar surface area (TPSA) is 89.7 Å². The van der Waals surface area contributed by atoms with Crippen LogP contribution in [0.3, 0.4) is 0 Å². The number of hydrogen-bond acceptors (Lipinski definition) is 6. The molecule has 0 spiro atoms. The standard InChI is InChI=1S/C22H19N5O3/c1-14-10-19(27-22(25-14)23-13-24-27)20-11-26(8-9-30-20)21(29)17-7-6-15-4-2-3-5-16(15)18(17)12-28/h2-7,10,12-13,20H,8-9,11H2,1H3/t20-/m1/s1. The van der Waals surface area contributed by atoms with Gasteiger partial charge in [0, 0.05) is 17.8 Å². The highest BCUT2D eigenvalue weighted by atomic mass is 16.5. The number of aromatic nitrogens is 4. The van der Waals surface area contributed by atoms with Crippen LogP contribution in [0, 0.1) is 6.92 Å². The van der Waals surface area contributed by atoms with E-state index in [2.05, 4.69) is 15.1 Å². The molecule has 1 atom stereocenters. The molecule has 30 heavy (non-hydrogen) atoms. The number of hydrogen-bond donors (Lipinski definition) is 0. The predicted octanol–water partition coefficient (Wildman–Crippen LogP) is 2.61. The van der Waals surface area contributed by atoms with Crippen molar-refractivity contribution >= 4 is 28.7 Å². The van der Waals surface area contributed by atoms with Crippen LogP contribution in [0.15, 0.2) is 48.8 Å². The molecule has 0 saturated carbocycles.